The van der Waals surface area contributed by atoms with E-state index in [0.29, 0.717) is 23.5 Å². The molecular formula is C30H37NO5. The van der Waals surface area contributed by atoms with E-state index < -0.39 is 0 Å². The lowest BCUT2D eigenvalue weighted by Gasteiger charge is -2.18. The first kappa shape index (κ1) is 28.6. The molecule has 3 rings (SSSR count). The van der Waals surface area contributed by atoms with E-state index in [-0.39, 0.29) is 11.6 Å². The summed E-state index contributed by atoms with van der Waals surface area (Å²) in [7, 11) is 5.31. The van der Waals surface area contributed by atoms with Crippen molar-refractivity contribution in [2.75, 3.05) is 34.4 Å². The minimum atomic E-state index is -0.159. The third-order valence-electron chi connectivity index (χ3n) is 5.64. The second kappa shape index (κ2) is 14.7. The number of rotatable bonds is 11. The Kier molecular flexibility index (Phi) is 11.7. The van der Waals surface area contributed by atoms with Gasteiger partial charge in [-0.3, -0.25) is 14.5 Å². The van der Waals surface area contributed by atoms with Crippen molar-refractivity contribution in [1.82, 2.24) is 4.90 Å². The molecule has 6 nitrogen and oxygen atoms in total. The van der Waals surface area contributed by atoms with Gasteiger partial charge in [0, 0.05) is 18.7 Å². The Morgan fingerprint density at radius 2 is 1.47 bits per heavy atom. The summed E-state index contributed by atoms with van der Waals surface area (Å²) in [6, 6.07) is 21.3. The van der Waals surface area contributed by atoms with Crippen LogP contribution < -0.4 is 14.2 Å². The van der Waals surface area contributed by atoms with Crippen LogP contribution in [0.15, 0.2) is 66.7 Å². The quantitative estimate of drug-likeness (QED) is 0.313. The smallest absolute Gasteiger partial charge is 0.164 e. The highest BCUT2D eigenvalue weighted by molar-refractivity contribution is 6.09. The number of benzene rings is 3. The average Bonchev–Trinajstić information content (AvgIpc) is 2.88. The van der Waals surface area contributed by atoms with E-state index in [1.165, 1.54) is 25.0 Å². The molecule has 0 amide bonds. The summed E-state index contributed by atoms with van der Waals surface area (Å²) in [4.78, 5) is 25.7. The standard InChI is InChI=1S/C20H23NO3.C10H14O2/c1-15(22)18-10-7-11-19(20(18)16(2)23)24-13-12-21(3)14-17-8-5-4-6-9-17;1-4-8-5-6-9(11-2)10(7-8)12-3/h4-11H,12-14H2,1-3H3;5-7H,4H2,1-3H3. The zero-order valence-electron chi connectivity index (χ0n) is 22.2. The van der Waals surface area contributed by atoms with E-state index in [2.05, 4.69) is 24.0 Å². The van der Waals surface area contributed by atoms with Gasteiger partial charge in [-0.1, -0.05) is 55.5 Å². The summed E-state index contributed by atoms with van der Waals surface area (Å²) in [5, 5.41) is 0. The Balaban J connectivity index is 0.000000319. The lowest BCUT2D eigenvalue weighted by Crippen LogP contribution is -2.24. The molecule has 0 heterocycles. The molecular weight excluding hydrogens is 454 g/mol. The van der Waals surface area contributed by atoms with E-state index in [4.69, 9.17) is 14.2 Å². The Labute approximate surface area is 214 Å². The van der Waals surface area contributed by atoms with Crippen LogP contribution in [0, 0.1) is 0 Å². The molecule has 0 atom stereocenters. The second-order valence-corrected chi connectivity index (χ2v) is 8.41. The number of hydrogen-bond donors (Lipinski definition) is 0. The summed E-state index contributed by atoms with van der Waals surface area (Å²) in [6.07, 6.45) is 1.01. The third-order valence-corrected chi connectivity index (χ3v) is 5.64. The Bertz CT molecular complexity index is 1130. The largest absolute Gasteiger partial charge is 0.493 e. The van der Waals surface area contributed by atoms with Crippen LogP contribution >= 0.6 is 0 Å². The molecule has 0 aromatic heterocycles. The van der Waals surface area contributed by atoms with E-state index in [1.807, 2.05) is 43.4 Å². The maximum absolute atomic E-state index is 11.9. The van der Waals surface area contributed by atoms with E-state index in [9.17, 15) is 9.59 Å². The Morgan fingerprint density at radius 3 is 2.06 bits per heavy atom. The molecule has 0 saturated carbocycles. The molecule has 0 radical (unpaired) electrons. The van der Waals surface area contributed by atoms with Crippen molar-refractivity contribution < 1.29 is 23.8 Å². The van der Waals surface area contributed by atoms with Gasteiger partial charge in [0.15, 0.2) is 23.1 Å². The number of methoxy groups -OCH3 is 2. The second-order valence-electron chi connectivity index (χ2n) is 8.41. The fourth-order valence-electron chi connectivity index (χ4n) is 3.69. The first-order valence-corrected chi connectivity index (χ1v) is 12.0. The number of carbonyl (C=O) groups is 2. The predicted molar refractivity (Wildman–Crippen MR) is 144 cm³/mol. The van der Waals surface area contributed by atoms with Crippen molar-refractivity contribution in [2.45, 2.75) is 33.7 Å². The molecule has 192 valence electrons. The number of nitrogens with zero attached hydrogens (tertiary/aromatic N) is 1. The van der Waals surface area contributed by atoms with Gasteiger partial charge in [0.05, 0.1) is 19.8 Å². The number of Topliss-reactive ketones (excluding diaryl/α,β-unsaturated/α-hetero) is 2. The fourth-order valence-corrected chi connectivity index (χ4v) is 3.69. The fraction of sp³-hybridized carbons (Fsp3) is 0.333. The normalized spacial score (nSPS) is 10.3. The first-order chi connectivity index (χ1) is 17.3. The van der Waals surface area contributed by atoms with Gasteiger partial charge in [0.25, 0.3) is 0 Å². The molecule has 6 heteroatoms. The van der Waals surface area contributed by atoms with Gasteiger partial charge in [-0.25, -0.2) is 0 Å². The van der Waals surface area contributed by atoms with Crippen molar-refractivity contribution in [2.24, 2.45) is 0 Å². The molecule has 0 bridgehead atoms. The van der Waals surface area contributed by atoms with Gasteiger partial charge < -0.3 is 14.2 Å². The number of likely N-dealkylation sites (N-methyl/N-ethyl adjacent to an activating group) is 1. The van der Waals surface area contributed by atoms with Crippen LogP contribution in [0.4, 0.5) is 0 Å². The number of aryl methyl sites for hydroxylation is 1. The number of ketones is 2. The minimum absolute atomic E-state index is 0.133. The van der Waals surface area contributed by atoms with Crippen LogP contribution in [0.25, 0.3) is 0 Å². The number of hydrogen-bond acceptors (Lipinski definition) is 6. The SMILES string of the molecule is CC(=O)c1cccc(OCCN(C)Cc2ccccc2)c1C(C)=O.CCc1ccc(OC)c(OC)c1. The molecule has 0 aliphatic heterocycles. The minimum Gasteiger partial charge on any atom is -0.493 e. The summed E-state index contributed by atoms with van der Waals surface area (Å²) < 4.78 is 16.0. The molecule has 36 heavy (non-hydrogen) atoms. The van der Waals surface area contributed by atoms with Crippen LogP contribution in [0.2, 0.25) is 0 Å². The lowest BCUT2D eigenvalue weighted by molar-refractivity contribution is 0.0976. The van der Waals surface area contributed by atoms with E-state index in [0.717, 1.165) is 31.0 Å². The molecule has 0 unspecified atom stereocenters. The zero-order chi connectivity index (χ0) is 26.5. The molecule has 3 aromatic rings. The summed E-state index contributed by atoms with van der Waals surface area (Å²) >= 11 is 0. The molecule has 0 saturated heterocycles. The van der Waals surface area contributed by atoms with Crippen LogP contribution in [0.1, 0.15) is 52.6 Å². The molecule has 0 fully saturated rings. The van der Waals surface area contributed by atoms with Gasteiger partial charge in [-0.2, -0.15) is 0 Å². The maximum atomic E-state index is 11.9. The summed E-state index contributed by atoms with van der Waals surface area (Å²) in [6.45, 7) is 7.02. The number of carbonyl (C=O) groups excluding carboxylic acids is 2. The van der Waals surface area contributed by atoms with Crippen LogP contribution in [0.5, 0.6) is 17.2 Å². The van der Waals surface area contributed by atoms with Crippen molar-refractivity contribution >= 4 is 11.6 Å². The zero-order valence-corrected chi connectivity index (χ0v) is 22.2. The lowest BCUT2D eigenvalue weighted by atomic mass is 10.0. The van der Waals surface area contributed by atoms with Crippen molar-refractivity contribution in [3.05, 3.63) is 89.0 Å². The summed E-state index contributed by atoms with van der Waals surface area (Å²) in [5.74, 6) is 1.77. The average molecular weight is 492 g/mol. The van der Waals surface area contributed by atoms with Crippen LogP contribution in [-0.4, -0.2) is 50.9 Å². The first-order valence-electron chi connectivity index (χ1n) is 12.0. The van der Waals surface area contributed by atoms with Gasteiger partial charge in [0.2, 0.25) is 0 Å². The molecule has 0 aliphatic carbocycles. The Morgan fingerprint density at radius 1 is 0.778 bits per heavy atom. The highest BCUT2D eigenvalue weighted by Gasteiger charge is 2.17. The van der Waals surface area contributed by atoms with Gasteiger partial charge >= 0.3 is 0 Å². The van der Waals surface area contributed by atoms with E-state index in [1.54, 1.807) is 32.4 Å². The molecule has 0 N–H and O–H groups in total. The monoisotopic (exact) mass is 491 g/mol. The number of ether oxygens (including phenoxy) is 3. The van der Waals surface area contributed by atoms with Crippen molar-refractivity contribution in [1.29, 1.82) is 0 Å². The maximum Gasteiger partial charge on any atom is 0.164 e. The highest BCUT2D eigenvalue weighted by Crippen LogP contribution is 2.27. The summed E-state index contributed by atoms with van der Waals surface area (Å²) in [5.41, 5.74) is 3.28. The topological polar surface area (TPSA) is 65.1 Å². The van der Waals surface area contributed by atoms with Crippen LogP contribution in [0.3, 0.4) is 0 Å². The van der Waals surface area contributed by atoms with Crippen molar-refractivity contribution in [3.63, 3.8) is 0 Å². The highest BCUT2D eigenvalue weighted by atomic mass is 16.5. The molecule has 0 spiro atoms. The van der Waals surface area contributed by atoms with Crippen LogP contribution in [-0.2, 0) is 13.0 Å². The third kappa shape index (κ3) is 8.54. The predicted octanol–water partition coefficient (Wildman–Crippen LogP) is 5.87. The van der Waals surface area contributed by atoms with E-state index >= 15 is 0 Å². The van der Waals surface area contributed by atoms with Gasteiger partial charge in [0.1, 0.15) is 12.4 Å². The van der Waals surface area contributed by atoms with Gasteiger partial charge in [-0.05, 0) is 56.6 Å². The van der Waals surface area contributed by atoms with Gasteiger partial charge in [-0.15, -0.1) is 0 Å². The Hall–Kier alpha value is -3.64. The molecule has 0 aliphatic rings. The van der Waals surface area contributed by atoms with Crippen molar-refractivity contribution in [3.8, 4) is 17.2 Å². The molecule has 3 aromatic carbocycles.